The summed E-state index contributed by atoms with van der Waals surface area (Å²) >= 11 is 1.66. The average Bonchev–Trinajstić information content (AvgIpc) is 3.45. The molecule has 0 amide bonds. The fourth-order valence-corrected chi connectivity index (χ4v) is 4.18. The van der Waals surface area contributed by atoms with Crippen molar-refractivity contribution in [3.63, 3.8) is 0 Å². The minimum atomic E-state index is -0.547. The van der Waals surface area contributed by atoms with Crippen LogP contribution in [0.1, 0.15) is 10.4 Å². The number of aromatic nitrogens is 2. The van der Waals surface area contributed by atoms with E-state index >= 15 is 0 Å². The summed E-state index contributed by atoms with van der Waals surface area (Å²) in [6.45, 7) is 2.06. The van der Waals surface area contributed by atoms with Gasteiger partial charge >= 0.3 is 0 Å². The van der Waals surface area contributed by atoms with Crippen LogP contribution in [0.3, 0.4) is 0 Å². The molecule has 0 saturated heterocycles. The average molecular weight is 434 g/mol. The van der Waals surface area contributed by atoms with Gasteiger partial charge < -0.3 is 9.84 Å². The molecule has 0 aliphatic heterocycles. The summed E-state index contributed by atoms with van der Waals surface area (Å²) in [5.74, 6) is 0. The molecular weight excluding hydrogens is 406 g/mol. The molecule has 4 aromatic rings. The van der Waals surface area contributed by atoms with Crippen LogP contribution in [-0.4, -0.2) is 46.1 Å². The van der Waals surface area contributed by atoms with E-state index < -0.39 is 6.10 Å². The fourth-order valence-electron chi connectivity index (χ4n) is 3.54. The van der Waals surface area contributed by atoms with Gasteiger partial charge in [-0.25, -0.2) is 4.68 Å². The van der Waals surface area contributed by atoms with E-state index in [9.17, 15) is 5.11 Å². The molecule has 1 atom stereocenters. The second-order valence-corrected chi connectivity index (χ2v) is 8.63. The van der Waals surface area contributed by atoms with E-state index in [-0.39, 0.29) is 0 Å². The predicted octanol–water partition coefficient (Wildman–Crippen LogP) is 4.61. The molecule has 1 N–H and O–H groups in total. The van der Waals surface area contributed by atoms with Crippen molar-refractivity contribution in [3.05, 3.63) is 94.8 Å². The van der Waals surface area contributed by atoms with Crippen molar-refractivity contribution in [3.8, 4) is 16.9 Å². The lowest BCUT2D eigenvalue weighted by Gasteiger charge is -2.20. The van der Waals surface area contributed by atoms with Gasteiger partial charge in [0.2, 0.25) is 0 Å². The Morgan fingerprint density at radius 2 is 1.77 bits per heavy atom. The van der Waals surface area contributed by atoms with Crippen LogP contribution in [0.15, 0.2) is 84.4 Å². The van der Waals surface area contributed by atoms with E-state index in [0.717, 1.165) is 22.5 Å². The summed E-state index contributed by atoms with van der Waals surface area (Å²) < 4.78 is 7.59. The lowest BCUT2D eigenvalue weighted by Crippen LogP contribution is -2.31. The maximum Gasteiger partial charge on any atom is 0.0972 e. The number of rotatable bonds is 10. The third kappa shape index (κ3) is 5.89. The Labute approximate surface area is 187 Å². The Morgan fingerprint density at radius 1 is 1.03 bits per heavy atom. The number of ether oxygens (including phenoxy) is 1. The number of nitrogens with zero attached hydrogens (tertiary/aromatic N) is 3. The topological polar surface area (TPSA) is 50.5 Å². The van der Waals surface area contributed by atoms with Gasteiger partial charge in [-0.15, -0.1) is 11.3 Å². The number of para-hydroxylation sites is 1. The summed E-state index contributed by atoms with van der Waals surface area (Å²) in [6, 6.07) is 24.4. The summed E-state index contributed by atoms with van der Waals surface area (Å²) in [5.41, 5.74) is 4.18. The highest BCUT2D eigenvalue weighted by Crippen LogP contribution is 2.24. The quantitative estimate of drug-likeness (QED) is 0.397. The van der Waals surface area contributed by atoms with Gasteiger partial charge in [-0.3, -0.25) is 4.90 Å². The highest BCUT2D eigenvalue weighted by atomic mass is 32.1. The molecule has 0 aliphatic rings. The third-order valence-electron chi connectivity index (χ3n) is 4.96. The largest absolute Gasteiger partial charge is 0.389 e. The van der Waals surface area contributed by atoms with E-state index in [4.69, 9.17) is 9.84 Å². The Balaban J connectivity index is 1.43. The van der Waals surface area contributed by atoms with Crippen LogP contribution < -0.4 is 0 Å². The lowest BCUT2D eigenvalue weighted by atomic mass is 10.1. The molecule has 4 rings (SSSR count). The molecule has 1 unspecified atom stereocenters. The standard InChI is InChI=1S/C25H27N3O2S/c1-27(17-23(29)18-30-19-24-13-8-14-31-24)15-21-16-28(22-11-6-3-7-12-22)26-25(21)20-9-4-2-5-10-20/h2-14,16,23,29H,15,17-19H2,1H3. The van der Waals surface area contributed by atoms with Crippen molar-refractivity contribution in [2.45, 2.75) is 19.3 Å². The summed E-state index contributed by atoms with van der Waals surface area (Å²) in [4.78, 5) is 3.28. The molecule has 0 saturated carbocycles. The first-order valence-corrected chi connectivity index (χ1v) is 11.2. The van der Waals surface area contributed by atoms with E-state index in [1.54, 1.807) is 11.3 Å². The molecule has 0 bridgehead atoms. The van der Waals surface area contributed by atoms with Crippen LogP contribution in [0.25, 0.3) is 16.9 Å². The molecule has 5 nitrogen and oxygen atoms in total. The first kappa shape index (κ1) is 21.5. The zero-order valence-electron chi connectivity index (χ0n) is 17.6. The molecule has 6 heteroatoms. The highest BCUT2D eigenvalue weighted by Gasteiger charge is 2.16. The van der Waals surface area contributed by atoms with E-state index in [1.807, 2.05) is 77.8 Å². The second-order valence-electron chi connectivity index (χ2n) is 7.59. The molecule has 0 fully saturated rings. The zero-order valence-corrected chi connectivity index (χ0v) is 18.4. The Hall–Kier alpha value is -2.77. The minimum absolute atomic E-state index is 0.317. The lowest BCUT2D eigenvalue weighted by molar-refractivity contribution is 0.0135. The van der Waals surface area contributed by atoms with Crippen LogP contribution in [0.2, 0.25) is 0 Å². The normalized spacial score (nSPS) is 12.4. The second kappa shape index (κ2) is 10.5. The van der Waals surface area contributed by atoms with Gasteiger partial charge in [-0.2, -0.15) is 5.10 Å². The van der Waals surface area contributed by atoms with Crippen molar-refractivity contribution in [1.29, 1.82) is 0 Å². The van der Waals surface area contributed by atoms with Gasteiger partial charge in [0.15, 0.2) is 0 Å². The summed E-state index contributed by atoms with van der Waals surface area (Å²) in [5, 5.41) is 17.3. The number of benzene rings is 2. The molecular formula is C25H27N3O2S. The minimum Gasteiger partial charge on any atom is -0.389 e. The van der Waals surface area contributed by atoms with Gasteiger partial charge in [-0.1, -0.05) is 54.6 Å². The Morgan fingerprint density at radius 3 is 2.48 bits per heavy atom. The monoisotopic (exact) mass is 433 g/mol. The van der Waals surface area contributed by atoms with Crippen molar-refractivity contribution >= 4 is 11.3 Å². The first-order valence-electron chi connectivity index (χ1n) is 10.3. The molecule has 160 valence electrons. The van der Waals surface area contributed by atoms with Gasteiger partial charge in [0.25, 0.3) is 0 Å². The molecule has 2 aromatic heterocycles. The number of likely N-dealkylation sites (N-methyl/N-ethyl adjacent to an activating group) is 1. The van der Waals surface area contributed by atoms with E-state index in [1.165, 1.54) is 4.88 Å². The highest BCUT2D eigenvalue weighted by molar-refractivity contribution is 7.09. The smallest absolute Gasteiger partial charge is 0.0972 e. The van der Waals surface area contributed by atoms with Crippen LogP contribution in [0.4, 0.5) is 0 Å². The maximum absolute atomic E-state index is 10.4. The molecule has 2 aromatic carbocycles. The van der Waals surface area contributed by atoms with Crippen LogP contribution in [-0.2, 0) is 17.9 Å². The number of hydrogen-bond donors (Lipinski definition) is 1. The van der Waals surface area contributed by atoms with Crippen molar-refractivity contribution in [2.24, 2.45) is 0 Å². The van der Waals surface area contributed by atoms with Crippen molar-refractivity contribution in [1.82, 2.24) is 14.7 Å². The van der Waals surface area contributed by atoms with E-state index in [2.05, 4.69) is 23.2 Å². The number of thiophene rings is 1. The molecule has 2 heterocycles. The number of aliphatic hydroxyl groups excluding tert-OH is 1. The Kier molecular flexibility index (Phi) is 7.27. The van der Waals surface area contributed by atoms with Gasteiger partial charge in [-0.05, 0) is 30.6 Å². The number of aliphatic hydroxyl groups is 1. The third-order valence-corrected chi connectivity index (χ3v) is 5.81. The summed E-state index contributed by atoms with van der Waals surface area (Å²) in [7, 11) is 2.01. The first-order chi connectivity index (χ1) is 15.2. The fraction of sp³-hybridized carbons (Fsp3) is 0.240. The maximum atomic E-state index is 10.4. The Bertz CT molecular complexity index is 1050. The van der Waals surface area contributed by atoms with Gasteiger partial charge in [0.1, 0.15) is 0 Å². The van der Waals surface area contributed by atoms with Crippen molar-refractivity contribution in [2.75, 3.05) is 20.2 Å². The SMILES string of the molecule is CN(Cc1cn(-c2ccccc2)nc1-c1ccccc1)CC(O)COCc1cccs1. The van der Waals surface area contributed by atoms with E-state index in [0.29, 0.717) is 26.3 Å². The summed E-state index contributed by atoms with van der Waals surface area (Å²) in [6.07, 6.45) is 1.53. The molecule has 0 spiro atoms. The van der Waals surface area contributed by atoms with Crippen molar-refractivity contribution < 1.29 is 9.84 Å². The molecule has 31 heavy (non-hydrogen) atoms. The zero-order chi connectivity index (χ0) is 21.5. The van der Waals surface area contributed by atoms with Crippen LogP contribution >= 0.6 is 11.3 Å². The van der Waals surface area contributed by atoms with Crippen LogP contribution in [0.5, 0.6) is 0 Å². The van der Waals surface area contributed by atoms with Gasteiger partial charge in [0, 0.05) is 35.3 Å². The van der Waals surface area contributed by atoms with Crippen LogP contribution in [0, 0.1) is 0 Å². The van der Waals surface area contributed by atoms with Gasteiger partial charge in [0.05, 0.1) is 30.7 Å². The molecule has 0 radical (unpaired) electrons. The predicted molar refractivity (Wildman–Crippen MR) is 125 cm³/mol. The number of hydrogen-bond acceptors (Lipinski definition) is 5. The molecule has 0 aliphatic carbocycles.